The van der Waals surface area contributed by atoms with E-state index in [0.717, 1.165) is 25.3 Å². The molecule has 0 atom stereocenters. The lowest BCUT2D eigenvalue weighted by molar-refractivity contribution is 0.476. The minimum atomic E-state index is 0.943. The summed E-state index contributed by atoms with van der Waals surface area (Å²) in [6, 6.07) is 6.36. The first-order valence-corrected chi connectivity index (χ1v) is 5.63. The fraction of sp³-hybridized carbons (Fsp3) is 0.300. The number of nitrogens with one attached hydrogen (secondary N) is 1. The Labute approximate surface area is 86.4 Å². The molecule has 4 heteroatoms. The summed E-state index contributed by atoms with van der Waals surface area (Å²) in [5, 5.41) is 10.0. The summed E-state index contributed by atoms with van der Waals surface area (Å²) >= 11 is 1.74. The van der Waals surface area contributed by atoms with Gasteiger partial charge in [-0.2, -0.15) is 5.10 Å². The minimum absolute atomic E-state index is 0.943. The van der Waals surface area contributed by atoms with Gasteiger partial charge in [0.05, 0.1) is 17.1 Å². The van der Waals surface area contributed by atoms with Gasteiger partial charge in [-0.15, -0.1) is 11.3 Å². The third-order valence-corrected chi connectivity index (χ3v) is 3.34. The van der Waals surface area contributed by atoms with Crippen LogP contribution in [0.5, 0.6) is 0 Å². The highest BCUT2D eigenvalue weighted by atomic mass is 32.1. The lowest BCUT2D eigenvalue weighted by Gasteiger charge is -2.13. The van der Waals surface area contributed by atoms with E-state index in [0.29, 0.717) is 0 Å². The van der Waals surface area contributed by atoms with Crippen LogP contribution in [0.2, 0.25) is 0 Å². The number of thiophene rings is 1. The largest absolute Gasteiger partial charge is 0.309 e. The van der Waals surface area contributed by atoms with Gasteiger partial charge in [0.1, 0.15) is 5.69 Å². The Morgan fingerprint density at radius 2 is 2.50 bits per heavy atom. The summed E-state index contributed by atoms with van der Waals surface area (Å²) in [5.41, 5.74) is 2.40. The molecule has 1 N–H and O–H groups in total. The van der Waals surface area contributed by atoms with Gasteiger partial charge in [-0.1, -0.05) is 6.07 Å². The van der Waals surface area contributed by atoms with Crippen LogP contribution in [0.15, 0.2) is 23.6 Å². The van der Waals surface area contributed by atoms with E-state index in [-0.39, 0.29) is 0 Å². The Morgan fingerprint density at radius 3 is 3.29 bits per heavy atom. The maximum Gasteiger partial charge on any atom is 0.103 e. The van der Waals surface area contributed by atoms with E-state index in [4.69, 9.17) is 0 Å². The third-order valence-electron chi connectivity index (χ3n) is 2.44. The highest BCUT2D eigenvalue weighted by Gasteiger charge is 2.12. The summed E-state index contributed by atoms with van der Waals surface area (Å²) in [6.07, 6.45) is 0. The molecule has 0 unspecified atom stereocenters. The first kappa shape index (κ1) is 8.20. The van der Waals surface area contributed by atoms with Crippen molar-refractivity contribution in [2.24, 2.45) is 0 Å². The Balaban J connectivity index is 2.04. The number of hydrogen-bond acceptors (Lipinski definition) is 3. The zero-order valence-electron chi connectivity index (χ0n) is 7.73. The molecular formula is C10H11N3S. The Hall–Kier alpha value is -1.13. The Kier molecular flexibility index (Phi) is 1.89. The van der Waals surface area contributed by atoms with Crippen LogP contribution in [0.25, 0.3) is 10.6 Å². The molecule has 1 aliphatic heterocycles. The van der Waals surface area contributed by atoms with Crippen molar-refractivity contribution in [3.8, 4) is 10.6 Å². The van der Waals surface area contributed by atoms with Gasteiger partial charge in [0.25, 0.3) is 0 Å². The molecule has 0 saturated carbocycles. The van der Waals surface area contributed by atoms with Crippen molar-refractivity contribution in [1.29, 1.82) is 0 Å². The molecule has 0 aliphatic carbocycles. The normalized spacial score (nSPS) is 15.4. The number of fused-ring (bicyclic) bond motifs is 1. The van der Waals surface area contributed by atoms with Gasteiger partial charge in [0.15, 0.2) is 0 Å². The van der Waals surface area contributed by atoms with Crippen molar-refractivity contribution in [2.45, 2.75) is 13.1 Å². The average Bonchev–Trinajstić information content (AvgIpc) is 2.86. The summed E-state index contributed by atoms with van der Waals surface area (Å²) in [5.74, 6) is 0. The molecule has 14 heavy (non-hydrogen) atoms. The predicted octanol–water partition coefficient (Wildman–Crippen LogP) is 1.71. The molecule has 3 rings (SSSR count). The molecule has 0 fully saturated rings. The van der Waals surface area contributed by atoms with Crippen LogP contribution in [0.3, 0.4) is 0 Å². The zero-order valence-corrected chi connectivity index (χ0v) is 8.55. The standard InChI is InChI=1S/C10H11N3S/c1-2-10(14-5-1)9-6-8-7-11-3-4-13(8)12-9/h1-2,5-6,11H,3-4,7H2. The second kappa shape index (κ2) is 3.22. The summed E-state index contributed by atoms with van der Waals surface area (Å²) in [6.45, 7) is 2.96. The van der Waals surface area contributed by atoms with E-state index in [1.54, 1.807) is 11.3 Å². The molecule has 3 nitrogen and oxygen atoms in total. The lowest BCUT2D eigenvalue weighted by Crippen LogP contribution is -2.28. The van der Waals surface area contributed by atoms with Crippen molar-refractivity contribution in [3.05, 3.63) is 29.3 Å². The molecule has 0 aromatic carbocycles. The Morgan fingerprint density at radius 1 is 1.50 bits per heavy atom. The molecule has 2 aromatic heterocycles. The summed E-state index contributed by atoms with van der Waals surface area (Å²) < 4.78 is 2.10. The fourth-order valence-corrected chi connectivity index (χ4v) is 2.42. The van der Waals surface area contributed by atoms with Crippen LogP contribution in [0.1, 0.15) is 5.69 Å². The van der Waals surface area contributed by atoms with Crippen LogP contribution in [-0.2, 0) is 13.1 Å². The minimum Gasteiger partial charge on any atom is -0.309 e. The second-order valence-corrected chi connectivity index (χ2v) is 4.35. The number of nitrogens with zero attached hydrogens (tertiary/aromatic N) is 2. The van der Waals surface area contributed by atoms with Gasteiger partial charge in [0, 0.05) is 13.1 Å². The van der Waals surface area contributed by atoms with Crippen LogP contribution in [-0.4, -0.2) is 16.3 Å². The van der Waals surface area contributed by atoms with E-state index >= 15 is 0 Å². The van der Waals surface area contributed by atoms with Crippen LogP contribution in [0, 0.1) is 0 Å². The van der Waals surface area contributed by atoms with Crippen LogP contribution in [0.4, 0.5) is 0 Å². The van der Waals surface area contributed by atoms with E-state index in [9.17, 15) is 0 Å². The van der Waals surface area contributed by atoms with Crippen LogP contribution >= 0.6 is 11.3 Å². The van der Waals surface area contributed by atoms with E-state index < -0.39 is 0 Å². The maximum absolute atomic E-state index is 4.58. The SMILES string of the molecule is c1csc(-c2cc3n(n2)CCNC3)c1. The smallest absolute Gasteiger partial charge is 0.103 e. The van der Waals surface area contributed by atoms with Gasteiger partial charge in [0.2, 0.25) is 0 Å². The molecule has 72 valence electrons. The molecular weight excluding hydrogens is 194 g/mol. The quantitative estimate of drug-likeness (QED) is 0.768. The molecule has 0 bridgehead atoms. The van der Waals surface area contributed by atoms with Crippen molar-refractivity contribution in [1.82, 2.24) is 15.1 Å². The van der Waals surface area contributed by atoms with Crippen molar-refractivity contribution < 1.29 is 0 Å². The van der Waals surface area contributed by atoms with Gasteiger partial charge in [-0.3, -0.25) is 4.68 Å². The highest BCUT2D eigenvalue weighted by Crippen LogP contribution is 2.24. The maximum atomic E-state index is 4.58. The number of rotatable bonds is 1. The first-order chi connectivity index (χ1) is 6.93. The van der Waals surface area contributed by atoms with Gasteiger partial charge in [-0.25, -0.2) is 0 Å². The number of hydrogen-bond donors (Lipinski definition) is 1. The highest BCUT2D eigenvalue weighted by molar-refractivity contribution is 7.13. The zero-order chi connectivity index (χ0) is 9.38. The molecule has 2 aromatic rings. The van der Waals surface area contributed by atoms with E-state index in [1.165, 1.54) is 10.6 Å². The van der Waals surface area contributed by atoms with Crippen LogP contribution < -0.4 is 5.32 Å². The van der Waals surface area contributed by atoms with E-state index in [2.05, 4.69) is 38.7 Å². The number of aromatic nitrogens is 2. The topological polar surface area (TPSA) is 29.9 Å². The molecule has 0 radical (unpaired) electrons. The molecule has 3 heterocycles. The molecule has 1 aliphatic rings. The fourth-order valence-electron chi connectivity index (χ4n) is 1.74. The monoisotopic (exact) mass is 205 g/mol. The van der Waals surface area contributed by atoms with Crippen molar-refractivity contribution >= 4 is 11.3 Å². The molecule has 0 spiro atoms. The molecule has 0 saturated heterocycles. The predicted molar refractivity (Wildman–Crippen MR) is 57.2 cm³/mol. The van der Waals surface area contributed by atoms with Gasteiger partial charge >= 0.3 is 0 Å². The first-order valence-electron chi connectivity index (χ1n) is 4.75. The van der Waals surface area contributed by atoms with Gasteiger partial charge in [-0.05, 0) is 17.5 Å². The lowest BCUT2D eigenvalue weighted by atomic mass is 10.3. The van der Waals surface area contributed by atoms with Crippen molar-refractivity contribution in [3.63, 3.8) is 0 Å². The van der Waals surface area contributed by atoms with Crippen molar-refractivity contribution in [2.75, 3.05) is 6.54 Å². The molecule has 0 amide bonds. The average molecular weight is 205 g/mol. The third kappa shape index (κ3) is 1.27. The summed E-state index contributed by atoms with van der Waals surface area (Å²) in [7, 11) is 0. The van der Waals surface area contributed by atoms with Gasteiger partial charge < -0.3 is 5.32 Å². The second-order valence-electron chi connectivity index (χ2n) is 3.40. The van der Waals surface area contributed by atoms with E-state index in [1.807, 2.05) is 0 Å². The Bertz CT molecular complexity index is 407. The summed E-state index contributed by atoms with van der Waals surface area (Å²) in [4.78, 5) is 1.26.